The molecule has 4 heteroatoms. The van der Waals surface area contributed by atoms with Crippen LogP contribution in [0.5, 0.6) is 11.5 Å². The van der Waals surface area contributed by atoms with Crippen molar-refractivity contribution < 1.29 is 14.6 Å². The summed E-state index contributed by atoms with van der Waals surface area (Å²) < 4.78 is 11.2. The van der Waals surface area contributed by atoms with Gasteiger partial charge in [-0.25, -0.2) is 0 Å². The third kappa shape index (κ3) is 4.40. The second-order valence-electron chi connectivity index (χ2n) is 5.25. The van der Waals surface area contributed by atoms with E-state index in [1.165, 1.54) is 5.56 Å². The van der Waals surface area contributed by atoms with Crippen molar-refractivity contribution >= 4 is 0 Å². The average Bonchev–Trinajstić information content (AvgIpc) is 2.42. The van der Waals surface area contributed by atoms with E-state index in [4.69, 9.17) is 9.47 Å². The largest absolute Gasteiger partial charge is 0.493 e. The van der Waals surface area contributed by atoms with E-state index in [0.29, 0.717) is 19.2 Å². The van der Waals surface area contributed by atoms with Gasteiger partial charge in [-0.2, -0.15) is 0 Å². The first-order chi connectivity index (χ1) is 9.15. The van der Waals surface area contributed by atoms with Crippen LogP contribution in [0.1, 0.15) is 25.8 Å². The summed E-state index contributed by atoms with van der Waals surface area (Å²) in [7, 11) is 0. The second kappa shape index (κ2) is 6.78. The van der Waals surface area contributed by atoms with Crippen molar-refractivity contribution in [1.29, 1.82) is 0 Å². The van der Waals surface area contributed by atoms with Crippen molar-refractivity contribution in [3.05, 3.63) is 23.8 Å². The molecule has 2 N–H and O–H groups in total. The van der Waals surface area contributed by atoms with Crippen molar-refractivity contribution in [2.45, 2.75) is 38.8 Å². The number of nitrogens with one attached hydrogen (secondary N) is 1. The SMILES string of the molecule is CC(C)NCC(O)COc1ccc2c(c1)OCCC2. The Morgan fingerprint density at radius 3 is 3.05 bits per heavy atom. The van der Waals surface area contributed by atoms with E-state index in [0.717, 1.165) is 30.9 Å². The van der Waals surface area contributed by atoms with Crippen molar-refractivity contribution in [2.24, 2.45) is 0 Å². The van der Waals surface area contributed by atoms with E-state index in [2.05, 4.69) is 5.32 Å². The first-order valence-electron chi connectivity index (χ1n) is 6.95. The van der Waals surface area contributed by atoms with E-state index in [9.17, 15) is 5.11 Å². The Morgan fingerprint density at radius 2 is 2.26 bits per heavy atom. The molecule has 0 bridgehead atoms. The molecule has 0 saturated heterocycles. The van der Waals surface area contributed by atoms with Crippen LogP contribution in [0, 0.1) is 0 Å². The smallest absolute Gasteiger partial charge is 0.126 e. The van der Waals surface area contributed by atoms with Gasteiger partial charge in [0.25, 0.3) is 0 Å². The van der Waals surface area contributed by atoms with Gasteiger partial charge in [-0.15, -0.1) is 0 Å². The molecule has 0 saturated carbocycles. The summed E-state index contributed by atoms with van der Waals surface area (Å²) in [5, 5.41) is 13.0. The molecule has 0 amide bonds. The van der Waals surface area contributed by atoms with Crippen molar-refractivity contribution in [2.75, 3.05) is 19.8 Å². The molecule has 0 fully saturated rings. The lowest BCUT2D eigenvalue weighted by Gasteiger charge is -2.19. The Bertz CT molecular complexity index is 406. The van der Waals surface area contributed by atoms with Crippen LogP contribution in [0.2, 0.25) is 0 Å². The molecular formula is C15H23NO3. The molecule has 1 atom stereocenters. The topological polar surface area (TPSA) is 50.7 Å². The lowest BCUT2D eigenvalue weighted by atomic mass is 10.1. The zero-order chi connectivity index (χ0) is 13.7. The Labute approximate surface area is 114 Å². The minimum absolute atomic E-state index is 0.290. The normalized spacial score (nSPS) is 15.8. The molecule has 0 aliphatic carbocycles. The molecule has 1 aliphatic heterocycles. The summed E-state index contributed by atoms with van der Waals surface area (Å²) in [6.45, 7) is 5.71. The first-order valence-corrected chi connectivity index (χ1v) is 6.95. The maximum absolute atomic E-state index is 9.78. The number of hydrogen-bond donors (Lipinski definition) is 2. The van der Waals surface area contributed by atoms with Crippen molar-refractivity contribution in [3.63, 3.8) is 0 Å². The fraction of sp³-hybridized carbons (Fsp3) is 0.600. The van der Waals surface area contributed by atoms with Crippen LogP contribution in [0.4, 0.5) is 0 Å². The van der Waals surface area contributed by atoms with Gasteiger partial charge in [0.15, 0.2) is 0 Å². The molecule has 0 spiro atoms. The van der Waals surface area contributed by atoms with Gasteiger partial charge < -0.3 is 19.9 Å². The van der Waals surface area contributed by atoms with E-state index < -0.39 is 6.10 Å². The van der Waals surface area contributed by atoms with E-state index in [-0.39, 0.29) is 0 Å². The van der Waals surface area contributed by atoms with E-state index in [1.54, 1.807) is 0 Å². The van der Waals surface area contributed by atoms with E-state index >= 15 is 0 Å². The number of aliphatic hydroxyl groups excluding tert-OH is 1. The number of fused-ring (bicyclic) bond motifs is 1. The summed E-state index contributed by atoms with van der Waals surface area (Å²) in [4.78, 5) is 0. The highest BCUT2D eigenvalue weighted by Gasteiger charge is 2.12. The predicted octanol–water partition coefficient (Wildman–Crippen LogP) is 1.75. The van der Waals surface area contributed by atoms with Gasteiger partial charge in [0.1, 0.15) is 24.2 Å². The van der Waals surface area contributed by atoms with Gasteiger partial charge in [-0.05, 0) is 24.5 Å². The Morgan fingerprint density at radius 1 is 1.42 bits per heavy atom. The number of aryl methyl sites for hydroxylation is 1. The molecule has 1 aliphatic rings. The molecule has 0 radical (unpaired) electrons. The lowest BCUT2D eigenvalue weighted by Crippen LogP contribution is -2.35. The Balaban J connectivity index is 1.82. The van der Waals surface area contributed by atoms with Crippen LogP contribution in [0.15, 0.2) is 18.2 Å². The minimum Gasteiger partial charge on any atom is -0.493 e. The summed E-state index contributed by atoms with van der Waals surface area (Å²) in [5.74, 6) is 1.67. The second-order valence-corrected chi connectivity index (χ2v) is 5.25. The zero-order valence-corrected chi connectivity index (χ0v) is 11.7. The van der Waals surface area contributed by atoms with Crippen LogP contribution < -0.4 is 14.8 Å². The van der Waals surface area contributed by atoms with Gasteiger partial charge in [0.2, 0.25) is 0 Å². The fourth-order valence-electron chi connectivity index (χ4n) is 2.03. The van der Waals surface area contributed by atoms with Gasteiger partial charge in [0, 0.05) is 18.7 Å². The quantitative estimate of drug-likeness (QED) is 0.823. The van der Waals surface area contributed by atoms with Gasteiger partial charge in [-0.3, -0.25) is 0 Å². The third-order valence-corrected chi connectivity index (χ3v) is 3.09. The van der Waals surface area contributed by atoms with Crippen LogP contribution in [0.25, 0.3) is 0 Å². The van der Waals surface area contributed by atoms with Crippen LogP contribution >= 0.6 is 0 Å². The highest BCUT2D eigenvalue weighted by molar-refractivity contribution is 5.41. The predicted molar refractivity (Wildman–Crippen MR) is 74.9 cm³/mol. The molecule has 1 heterocycles. The van der Waals surface area contributed by atoms with Crippen molar-refractivity contribution in [3.8, 4) is 11.5 Å². The van der Waals surface area contributed by atoms with Crippen molar-refractivity contribution in [1.82, 2.24) is 5.32 Å². The van der Waals surface area contributed by atoms with Crippen LogP contribution in [0.3, 0.4) is 0 Å². The summed E-state index contributed by atoms with van der Waals surface area (Å²) in [5.41, 5.74) is 1.24. The van der Waals surface area contributed by atoms with Crippen LogP contribution in [-0.4, -0.2) is 37.0 Å². The average molecular weight is 265 g/mol. The first kappa shape index (κ1) is 14.2. The molecular weight excluding hydrogens is 242 g/mol. The Hall–Kier alpha value is -1.26. The summed E-state index contributed by atoms with van der Waals surface area (Å²) in [6, 6.07) is 6.27. The molecule has 2 rings (SSSR count). The fourth-order valence-corrected chi connectivity index (χ4v) is 2.03. The Kier molecular flexibility index (Phi) is 5.05. The number of benzene rings is 1. The number of aliphatic hydroxyl groups is 1. The third-order valence-electron chi connectivity index (χ3n) is 3.09. The number of rotatable bonds is 6. The molecule has 106 valence electrons. The van der Waals surface area contributed by atoms with Gasteiger partial charge in [-0.1, -0.05) is 19.9 Å². The highest BCUT2D eigenvalue weighted by atomic mass is 16.5. The number of hydrogen-bond acceptors (Lipinski definition) is 4. The van der Waals surface area contributed by atoms with E-state index in [1.807, 2.05) is 32.0 Å². The molecule has 1 unspecified atom stereocenters. The zero-order valence-electron chi connectivity index (χ0n) is 11.7. The highest BCUT2D eigenvalue weighted by Crippen LogP contribution is 2.28. The summed E-state index contributed by atoms with van der Waals surface area (Å²) >= 11 is 0. The monoisotopic (exact) mass is 265 g/mol. The minimum atomic E-state index is -0.501. The molecule has 19 heavy (non-hydrogen) atoms. The number of ether oxygens (including phenoxy) is 2. The summed E-state index contributed by atoms with van der Waals surface area (Å²) in [6.07, 6.45) is 1.64. The maximum atomic E-state index is 9.78. The molecule has 1 aromatic carbocycles. The molecule has 0 aromatic heterocycles. The van der Waals surface area contributed by atoms with Crippen LogP contribution in [-0.2, 0) is 6.42 Å². The van der Waals surface area contributed by atoms with Gasteiger partial charge in [0.05, 0.1) is 6.61 Å². The van der Waals surface area contributed by atoms with Gasteiger partial charge >= 0.3 is 0 Å². The molecule has 4 nitrogen and oxygen atoms in total. The maximum Gasteiger partial charge on any atom is 0.126 e. The molecule has 1 aromatic rings. The standard InChI is InChI=1S/C15H23NO3/c1-11(2)16-9-13(17)10-19-14-6-5-12-4-3-7-18-15(12)8-14/h5-6,8,11,13,16-17H,3-4,7,9-10H2,1-2H3. The lowest BCUT2D eigenvalue weighted by molar-refractivity contribution is 0.104.